The van der Waals surface area contributed by atoms with Crippen LogP contribution in [0.15, 0.2) is 16.6 Å². The SMILES string of the molecule is COc1cc(Br)c(CC(=O)N2CCOCC2)cc1OC. The third-order valence-electron chi connectivity index (χ3n) is 3.26. The van der Waals surface area contributed by atoms with Gasteiger partial charge < -0.3 is 19.1 Å². The van der Waals surface area contributed by atoms with Crippen LogP contribution in [-0.4, -0.2) is 51.3 Å². The number of rotatable bonds is 4. The highest BCUT2D eigenvalue weighted by Gasteiger charge is 2.19. The van der Waals surface area contributed by atoms with Crippen molar-refractivity contribution in [3.63, 3.8) is 0 Å². The normalized spacial score (nSPS) is 15.1. The van der Waals surface area contributed by atoms with E-state index in [9.17, 15) is 4.79 Å². The summed E-state index contributed by atoms with van der Waals surface area (Å²) in [6.07, 6.45) is 0.334. The topological polar surface area (TPSA) is 48.0 Å². The Morgan fingerprint density at radius 1 is 1.25 bits per heavy atom. The van der Waals surface area contributed by atoms with Crippen LogP contribution in [0.5, 0.6) is 11.5 Å². The van der Waals surface area contributed by atoms with Gasteiger partial charge in [-0.2, -0.15) is 0 Å². The number of amides is 1. The lowest BCUT2D eigenvalue weighted by Crippen LogP contribution is -2.41. The number of nitrogens with zero attached hydrogens (tertiary/aromatic N) is 1. The van der Waals surface area contributed by atoms with Gasteiger partial charge in [0.15, 0.2) is 11.5 Å². The molecule has 1 aromatic rings. The fourth-order valence-electron chi connectivity index (χ4n) is 2.12. The number of carbonyl (C=O) groups excluding carboxylic acids is 1. The third kappa shape index (κ3) is 3.43. The van der Waals surface area contributed by atoms with Crippen molar-refractivity contribution in [2.45, 2.75) is 6.42 Å². The van der Waals surface area contributed by atoms with Crippen molar-refractivity contribution in [2.24, 2.45) is 0 Å². The van der Waals surface area contributed by atoms with Crippen LogP contribution in [0.1, 0.15) is 5.56 Å². The lowest BCUT2D eigenvalue weighted by molar-refractivity contribution is -0.134. The molecule has 0 bridgehead atoms. The van der Waals surface area contributed by atoms with Crippen LogP contribution >= 0.6 is 15.9 Å². The molecule has 0 N–H and O–H groups in total. The Hall–Kier alpha value is -1.27. The highest BCUT2D eigenvalue weighted by molar-refractivity contribution is 9.10. The van der Waals surface area contributed by atoms with E-state index in [0.717, 1.165) is 10.0 Å². The molecule has 0 radical (unpaired) electrons. The van der Waals surface area contributed by atoms with Gasteiger partial charge in [0.1, 0.15) is 0 Å². The van der Waals surface area contributed by atoms with Crippen LogP contribution in [0.2, 0.25) is 0 Å². The molecule has 0 unspecified atom stereocenters. The molecule has 5 nitrogen and oxygen atoms in total. The smallest absolute Gasteiger partial charge is 0.227 e. The molecule has 0 aromatic heterocycles. The predicted molar refractivity (Wildman–Crippen MR) is 78.3 cm³/mol. The molecule has 20 heavy (non-hydrogen) atoms. The Balaban J connectivity index is 2.13. The van der Waals surface area contributed by atoms with Crippen molar-refractivity contribution in [3.8, 4) is 11.5 Å². The van der Waals surface area contributed by atoms with Crippen LogP contribution < -0.4 is 9.47 Å². The fourth-order valence-corrected chi connectivity index (χ4v) is 2.58. The number of carbonyl (C=O) groups is 1. The summed E-state index contributed by atoms with van der Waals surface area (Å²) in [5, 5.41) is 0. The first-order chi connectivity index (χ1) is 9.65. The number of methoxy groups -OCH3 is 2. The number of morpholine rings is 1. The third-order valence-corrected chi connectivity index (χ3v) is 4.00. The Labute approximate surface area is 126 Å². The average molecular weight is 344 g/mol. The molecule has 6 heteroatoms. The summed E-state index contributed by atoms with van der Waals surface area (Å²) in [4.78, 5) is 14.1. The van der Waals surface area contributed by atoms with Crippen molar-refractivity contribution in [1.82, 2.24) is 4.90 Å². The zero-order valence-electron chi connectivity index (χ0n) is 11.6. The molecule has 1 heterocycles. The van der Waals surface area contributed by atoms with Gasteiger partial charge in [-0.3, -0.25) is 4.79 Å². The van der Waals surface area contributed by atoms with Crippen molar-refractivity contribution in [3.05, 3.63) is 22.2 Å². The maximum absolute atomic E-state index is 12.3. The second-order valence-corrected chi connectivity index (χ2v) is 5.32. The summed E-state index contributed by atoms with van der Waals surface area (Å²) in [6.45, 7) is 2.53. The van der Waals surface area contributed by atoms with E-state index >= 15 is 0 Å². The largest absolute Gasteiger partial charge is 0.493 e. The molecule has 1 fully saturated rings. The zero-order valence-corrected chi connectivity index (χ0v) is 13.2. The molecule has 0 atom stereocenters. The van der Waals surface area contributed by atoms with E-state index in [-0.39, 0.29) is 5.91 Å². The lowest BCUT2D eigenvalue weighted by atomic mass is 10.1. The number of benzene rings is 1. The van der Waals surface area contributed by atoms with E-state index in [1.54, 1.807) is 14.2 Å². The molecule has 0 saturated carbocycles. The van der Waals surface area contributed by atoms with Gasteiger partial charge in [0.2, 0.25) is 5.91 Å². The lowest BCUT2D eigenvalue weighted by Gasteiger charge is -2.27. The van der Waals surface area contributed by atoms with Gasteiger partial charge in [0, 0.05) is 17.6 Å². The van der Waals surface area contributed by atoms with Gasteiger partial charge in [0.25, 0.3) is 0 Å². The molecule has 2 rings (SSSR count). The monoisotopic (exact) mass is 343 g/mol. The molecule has 0 aliphatic carbocycles. The molecule has 1 aromatic carbocycles. The second kappa shape index (κ2) is 6.95. The van der Waals surface area contributed by atoms with Crippen LogP contribution in [0, 0.1) is 0 Å². The van der Waals surface area contributed by atoms with Gasteiger partial charge in [0.05, 0.1) is 33.9 Å². The number of hydrogen-bond donors (Lipinski definition) is 0. The van der Waals surface area contributed by atoms with E-state index in [4.69, 9.17) is 14.2 Å². The van der Waals surface area contributed by atoms with Gasteiger partial charge in [-0.15, -0.1) is 0 Å². The second-order valence-electron chi connectivity index (χ2n) is 4.47. The van der Waals surface area contributed by atoms with Crippen molar-refractivity contribution >= 4 is 21.8 Å². The average Bonchev–Trinajstić information content (AvgIpc) is 2.49. The first-order valence-corrected chi connectivity index (χ1v) is 7.21. The summed E-state index contributed by atoms with van der Waals surface area (Å²) in [7, 11) is 3.17. The number of ether oxygens (including phenoxy) is 3. The van der Waals surface area contributed by atoms with Crippen LogP contribution in [0.3, 0.4) is 0 Å². The van der Waals surface area contributed by atoms with Crippen LogP contribution in [-0.2, 0) is 16.0 Å². The van der Waals surface area contributed by atoms with Crippen LogP contribution in [0.25, 0.3) is 0 Å². The Kier molecular flexibility index (Phi) is 5.25. The first-order valence-electron chi connectivity index (χ1n) is 6.41. The van der Waals surface area contributed by atoms with E-state index in [1.165, 1.54) is 0 Å². The van der Waals surface area contributed by atoms with Crippen molar-refractivity contribution in [1.29, 1.82) is 0 Å². The molecule has 0 spiro atoms. The highest BCUT2D eigenvalue weighted by atomic mass is 79.9. The van der Waals surface area contributed by atoms with E-state index < -0.39 is 0 Å². The van der Waals surface area contributed by atoms with Gasteiger partial charge in [-0.1, -0.05) is 15.9 Å². The standard InChI is InChI=1S/C14H18BrNO4/c1-18-12-7-10(11(15)9-13(12)19-2)8-14(17)16-3-5-20-6-4-16/h7,9H,3-6,8H2,1-2H3. The minimum absolute atomic E-state index is 0.0984. The molecule has 1 aliphatic heterocycles. The fraction of sp³-hybridized carbons (Fsp3) is 0.500. The van der Waals surface area contributed by atoms with Crippen LogP contribution in [0.4, 0.5) is 0 Å². The maximum atomic E-state index is 12.3. The van der Waals surface area contributed by atoms with E-state index in [2.05, 4.69) is 15.9 Å². The first kappa shape index (κ1) is 15.1. The predicted octanol–water partition coefficient (Wildman–Crippen LogP) is 1.87. The van der Waals surface area contributed by atoms with E-state index in [1.807, 2.05) is 17.0 Å². The Morgan fingerprint density at radius 3 is 2.45 bits per heavy atom. The maximum Gasteiger partial charge on any atom is 0.227 e. The summed E-state index contributed by atoms with van der Waals surface area (Å²) >= 11 is 3.47. The Bertz CT molecular complexity index is 486. The van der Waals surface area contributed by atoms with Gasteiger partial charge in [-0.25, -0.2) is 0 Å². The molecule has 1 saturated heterocycles. The minimum Gasteiger partial charge on any atom is -0.493 e. The van der Waals surface area contributed by atoms with Gasteiger partial charge in [-0.05, 0) is 17.7 Å². The molecular weight excluding hydrogens is 326 g/mol. The molecule has 1 amide bonds. The van der Waals surface area contributed by atoms with Gasteiger partial charge >= 0.3 is 0 Å². The van der Waals surface area contributed by atoms with Crippen molar-refractivity contribution < 1.29 is 19.0 Å². The quantitative estimate of drug-likeness (QED) is 0.837. The number of hydrogen-bond acceptors (Lipinski definition) is 4. The van der Waals surface area contributed by atoms with Crippen molar-refractivity contribution in [2.75, 3.05) is 40.5 Å². The number of halogens is 1. The molecular formula is C14H18BrNO4. The summed E-state index contributed by atoms with van der Waals surface area (Å²) in [5.41, 5.74) is 0.888. The Morgan fingerprint density at radius 2 is 1.85 bits per heavy atom. The molecule has 1 aliphatic rings. The summed E-state index contributed by atoms with van der Waals surface area (Å²) in [6, 6.07) is 3.65. The van der Waals surface area contributed by atoms with E-state index in [0.29, 0.717) is 44.2 Å². The zero-order chi connectivity index (χ0) is 14.5. The minimum atomic E-state index is 0.0984. The summed E-state index contributed by atoms with van der Waals surface area (Å²) < 4.78 is 16.6. The molecule has 110 valence electrons. The highest BCUT2D eigenvalue weighted by Crippen LogP contribution is 2.33. The summed E-state index contributed by atoms with van der Waals surface area (Å²) in [5.74, 6) is 1.36.